The topological polar surface area (TPSA) is 57.5 Å². The Morgan fingerprint density at radius 1 is 1.10 bits per heavy atom. The second-order valence-corrected chi connectivity index (χ2v) is 7.36. The molecule has 3 nitrogen and oxygen atoms in total. The van der Waals surface area contributed by atoms with Crippen molar-refractivity contribution in [2.75, 3.05) is 0 Å². The molecule has 0 bridgehead atoms. The van der Waals surface area contributed by atoms with Crippen LogP contribution in [0.4, 0.5) is 0 Å². The number of hydrogen-bond acceptors (Lipinski definition) is 2. The molecule has 0 saturated heterocycles. The van der Waals surface area contributed by atoms with Crippen LogP contribution in [0.3, 0.4) is 0 Å². The molecule has 2 rings (SSSR count). The third-order valence-corrected chi connectivity index (χ3v) is 6.08. The van der Waals surface area contributed by atoms with Crippen LogP contribution in [0.25, 0.3) is 0 Å². The highest BCUT2D eigenvalue weighted by molar-refractivity contribution is 5.75. The molecule has 3 heteroatoms. The van der Waals surface area contributed by atoms with E-state index in [1.165, 1.54) is 19.3 Å². The molecule has 2 fully saturated rings. The van der Waals surface area contributed by atoms with Crippen LogP contribution in [0, 0.1) is 17.3 Å². The summed E-state index contributed by atoms with van der Waals surface area (Å²) in [4.78, 5) is 12.0. The average Bonchev–Trinajstić information content (AvgIpc) is 2.70. The zero-order chi connectivity index (χ0) is 15.3. The van der Waals surface area contributed by atoms with Gasteiger partial charge in [-0.3, -0.25) is 4.79 Å². The van der Waals surface area contributed by atoms with Gasteiger partial charge in [0.2, 0.25) is 0 Å². The smallest absolute Gasteiger partial charge is 0.310 e. The highest BCUT2D eigenvalue weighted by atomic mass is 16.4. The monoisotopic (exact) mass is 296 g/mol. The number of aliphatic carboxylic acids is 1. The molecular weight excluding hydrogens is 264 g/mol. The summed E-state index contributed by atoms with van der Waals surface area (Å²) in [6, 6.07) is 0. The van der Waals surface area contributed by atoms with Gasteiger partial charge in [-0.2, -0.15) is 0 Å². The number of aliphatic hydroxyl groups excluding tert-OH is 1. The molecular formula is C18H32O3. The van der Waals surface area contributed by atoms with Crippen molar-refractivity contribution in [3.63, 3.8) is 0 Å². The molecule has 2 saturated carbocycles. The normalized spacial score (nSPS) is 37.9. The number of carboxylic acid groups (broad SMARTS) is 1. The molecule has 0 aliphatic heterocycles. The van der Waals surface area contributed by atoms with E-state index in [1.54, 1.807) is 0 Å². The van der Waals surface area contributed by atoms with E-state index in [0.717, 1.165) is 57.8 Å². The molecule has 0 spiro atoms. The van der Waals surface area contributed by atoms with Gasteiger partial charge in [0.05, 0.1) is 11.5 Å². The number of carbonyl (C=O) groups is 1. The lowest BCUT2D eigenvalue weighted by Gasteiger charge is -2.44. The number of unbranched alkanes of at least 4 members (excludes halogenated alkanes) is 1. The van der Waals surface area contributed by atoms with Crippen LogP contribution in [0.2, 0.25) is 0 Å². The Hall–Kier alpha value is -0.570. The van der Waals surface area contributed by atoms with Gasteiger partial charge in [-0.15, -0.1) is 0 Å². The predicted molar refractivity (Wildman–Crippen MR) is 84.1 cm³/mol. The Morgan fingerprint density at radius 3 is 2.38 bits per heavy atom. The fraction of sp³-hybridized carbons (Fsp3) is 0.944. The first-order valence-corrected chi connectivity index (χ1v) is 9.01. The first-order chi connectivity index (χ1) is 10.1. The van der Waals surface area contributed by atoms with Crippen molar-refractivity contribution in [3.05, 3.63) is 0 Å². The van der Waals surface area contributed by atoms with Gasteiger partial charge in [-0.25, -0.2) is 0 Å². The van der Waals surface area contributed by atoms with Crippen LogP contribution in [-0.2, 0) is 4.79 Å². The highest BCUT2D eigenvalue weighted by Gasteiger charge is 2.50. The molecule has 2 N–H and O–H groups in total. The molecule has 21 heavy (non-hydrogen) atoms. The van der Waals surface area contributed by atoms with Crippen molar-refractivity contribution in [2.45, 2.75) is 90.1 Å². The first-order valence-electron chi connectivity index (χ1n) is 9.01. The van der Waals surface area contributed by atoms with E-state index in [9.17, 15) is 15.0 Å². The number of aliphatic hydroxyl groups is 1. The Labute approximate surface area is 129 Å². The average molecular weight is 296 g/mol. The van der Waals surface area contributed by atoms with Gasteiger partial charge in [0.1, 0.15) is 0 Å². The number of carboxylic acids is 1. The van der Waals surface area contributed by atoms with Gasteiger partial charge in [0, 0.05) is 5.92 Å². The van der Waals surface area contributed by atoms with Crippen molar-refractivity contribution in [1.29, 1.82) is 0 Å². The van der Waals surface area contributed by atoms with E-state index >= 15 is 0 Å². The SMILES string of the molecule is CCCCC1CCC(C(=O)O)(C2CCCCCC2O)CC1. The quantitative estimate of drug-likeness (QED) is 0.740. The van der Waals surface area contributed by atoms with Crippen LogP contribution < -0.4 is 0 Å². The van der Waals surface area contributed by atoms with Crippen molar-refractivity contribution < 1.29 is 15.0 Å². The maximum atomic E-state index is 12.0. The molecule has 0 aromatic carbocycles. The third kappa shape index (κ3) is 3.80. The standard InChI is InChI=1S/C18H32O3/c1-2-3-7-14-10-12-18(13-11-14,17(20)21)15-8-5-4-6-9-16(15)19/h14-16,19H,2-13H2,1H3,(H,20,21). The lowest BCUT2D eigenvalue weighted by atomic mass is 9.60. The Bertz CT molecular complexity index is 331. The maximum Gasteiger partial charge on any atom is 0.310 e. The van der Waals surface area contributed by atoms with Gasteiger partial charge in [0.15, 0.2) is 0 Å². The molecule has 2 unspecified atom stereocenters. The van der Waals surface area contributed by atoms with Crippen molar-refractivity contribution in [3.8, 4) is 0 Å². The zero-order valence-corrected chi connectivity index (χ0v) is 13.5. The van der Waals surface area contributed by atoms with Gasteiger partial charge in [-0.1, -0.05) is 45.4 Å². The summed E-state index contributed by atoms with van der Waals surface area (Å²) in [5.74, 6) is 0.0346. The maximum absolute atomic E-state index is 12.0. The lowest BCUT2D eigenvalue weighted by Crippen LogP contribution is -2.46. The molecule has 0 heterocycles. The largest absolute Gasteiger partial charge is 0.481 e. The fourth-order valence-corrected chi connectivity index (χ4v) is 4.65. The van der Waals surface area contributed by atoms with Crippen molar-refractivity contribution >= 4 is 5.97 Å². The van der Waals surface area contributed by atoms with E-state index in [4.69, 9.17) is 0 Å². The zero-order valence-electron chi connectivity index (χ0n) is 13.5. The summed E-state index contributed by atoms with van der Waals surface area (Å²) in [7, 11) is 0. The third-order valence-electron chi connectivity index (χ3n) is 6.08. The minimum atomic E-state index is -0.651. The summed E-state index contributed by atoms with van der Waals surface area (Å²) < 4.78 is 0. The van der Waals surface area contributed by atoms with E-state index < -0.39 is 17.5 Å². The van der Waals surface area contributed by atoms with Crippen molar-refractivity contribution in [2.24, 2.45) is 17.3 Å². The summed E-state index contributed by atoms with van der Waals surface area (Å²) in [5.41, 5.74) is -0.646. The molecule has 2 atom stereocenters. The molecule has 2 aliphatic rings. The summed E-state index contributed by atoms with van der Waals surface area (Å²) in [6.45, 7) is 2.21. The summed E-state index contributed by atoms with van der Waals surface area (Å²) in [6.07, 6.45) is 11.9. The van der Waals surface area contributed by atoms with E-state index in [0.29, 0.717) is 5.92 Å². The second-order valence-electron chi connectivity index (χ2n) is 7.36. The van der Waals surface area contributed by atoms with Gasteiger partial charge < -0.3 is 10.2 Å². The second kappa shape index (κ2) is 7.62. The lowest BCUT2D eigenvalue weighted by molar-refractivity contribution is -0.161. The molecule has 2 aliphatic carbocycles. The minimum Gasteiger partial charge on any atom is -0.481 e. The van der Waals surface area contributed by atoms with E-state index in [-0.39, 0.29) is 5.92 Å². The van der Waals surface area contributed by atoms with Gasteiger partial charge in [-0.05, 0) is 44.4 Å². The molecule has 0 radical (unpaired) electrons. The Morgan fingerprint density at radius 2 is 1.76 bits per heavy atom. The molecule has 0 aromatic rings. The van der Waals surface area contributed by atoms with Crippen LogP contribution >= 0.6 is 0 Å². The van der Waals surface area contributed by atoms with Crippen LogP contribution in [0.5, 0.6) is 0 Å². The predicted octanol–water partition coefficient (Wildman–Crippen LogP) is 4.38. The first kappa shape index (κ1) is 16.8. The molecule has 0 amide bonds. The number of rotatable bonds is 5. The van der Waals surface area contributed by atoms with E-state index in [2.05, 4.69) is 6.92 Å². The molecule has 0 aromatic heterocycles. The van der Waals surface area contributed by atoms with Gasteiger partial charge in [0.25, 0.3) is 0 Å². The summed E-state index contributed by atoms with van der Waals surface area (Å²) >= 11 is 0. The Balaban J connectivity index is 2.06. The Kier molecular flexibility index (Phi) is 6.09. The van der Waals surface area contributed by atoms with Crippen molar-refractivity contribution in [1.82, 2.24) is 0 Å². The van der Waals surface area contributed by atoms with Crippen LogP contribution in [-0.4, -0.2) is 22.3 Å². The molecule has 122 valence electrons. The summed E-state index contributed by atoms with van der Waals surface area (Å²) in [5, 5.41) is 20.4. The fourth-order valence-electron chi connectivity index (χ4n) is 4.65. The van der Waals surface area contributed by atoms with Crippen LogP contribution in [0.15, 0.2) is 0 Å². The highest BCUT2D eigenvalue weighted by Crippen LogP contribution is 2.50. The van der Waals surface area contributed by atoms with Crippen LogP contribution in [0.1, 0.15) is 84.0 Å². The van der Waals surface area contributed by atoms with Gasteiger partial charge >= 0.3 is 5.97 Å². The van der Waals surface area contributed by atoms with E-state index in [1.807, 2.05) is 0 Å². The number of hydrogen-bond donors (Lipinski definition) is 2. The minimum absolute atomic E-state index is 0.0235.